The maximum Gasteiger partial charge on any atom is 0.405 e. The summed E-state index contributed by atoms with van der Waals surface area (Å²) >= 11 is 0. The molecule has 0 spiro atoms. The zero-order chi connectivity index (χ0) is 8.32. The summed E-state index contributed by atoms with van der Waals surface area (Å²) in [6, 6.07) is 0. The highest BCUT2D eigenvalue weighted by atomic mass is 31.2. The van der Waals surface area contributed by atoms with E-state index in [1.54, 1.807) is 0 Å². The molecule has 0 aromatic carbocycles. The smallest absolute Gasteiger partial charge is 0.379 e. The van der Waals surface area contributed by atoms with Crippen LogP contribution >= 0.6 is 7.75 Å². The lowest BCUT2D eigenvalue weighted by Gasteiger charge is -2.28. The van der Waals surface area contributed by atoms with Crippen molar-refractivity contribution in [2.45, 2.75) is 0 Å². The third kappa shape index (κ3) is 2.25. The molecule has 1 atom stereocenters. The standard InChI is InChI=1S/C5H12NO4P/c1-9-11(7,8)6-2-4-10-5-3-6/h2-5H2,1H3,(H,7,8). The number of hydrogen-bond acceptors (Lipinski definition) is 3. The van der Waals surface area contributed by atoms with Crippen LogP contribution in [0.2, 0.25) is 0 Å². The molecule has 1 unspecified atom stereocenters. The van der Waals surface area contributed by atoms with Gasteiger partial charge in [-0.15, -0.1) is 0 Å². The molecule has 0 aliphatic carbocycles. The Balaban J connectivity index is 2.51. The number of rotatable bonds is 2. The molecule has 1 fully saturated rings. The lowest BCUT2D eigenvalue weighted by molar-refractivity contribution is 0.0586. The number of morpholine rings is 1. The second-order valence-electron chi connectivity index (χ2n) is 2.24. The molecule has 0 saturated carbocycles. The van der Waals surface area contributed by atoms with E-state index in [-0.39, 0.29) is 0 Å². The predicted octanol–water partition coefficient (Wildman–Crippen LogP) is 0.0654. The van der Waals surface area contributed by atoms with Gasteiger partial charge >= 0.3 is 7.75 Å². The summed E-state index contributed by atoms with van der Waals surface area (Å²) in [4.78, 5) is 9.15. The zero-order valence-corrected chi connectivity index (χ0v) is 7.29. The minimum atomic E-state index is -3.50. The second-order valence-corrected chi connectivity index (χ2v) is 4.15. The molecule has 0 aromatic rings. The van der Waals surface area contributed by atoms with Crippen molar-refractivity contribution in [2.75, 3.05) is 33.4 Å². The fraction of sp³-hybridized carbons (Fsp3) is 1.00. The first kappa shape index (κ1) is 9.16. The molecule has 1 aliphatic heterocycles. The van der Waals surface area contributed by atoms with Gasteiger partial charge in [0.1, 0.15) is 0 Å². The lowest BCUT2D eigenvalue weighted by atomic mass is 10.5. The van der Waals surface area contributed by atoms with Gasteiger partial charge in [-0.05, 0) is 0 Å². The molecule has 1 saturated heterocycles. The Bertz CT molecular complexity index is 168. The van der Waals surface area contributed by atoms with Crippen LogP contribution in [0.3, 0.4) is 0 Å². The van der Waals surface area contributed by atoms with Crippen LogP contribution in [0.4, 0.5) is 0 Å². The van der Waals surface area contributed by atoms with Gasteiger partial charge in [0.05, 0.1) is 13.2 Å². The molecular weight excluding hydrogens is 169 g/mol. The topological polar surface area (TPSA) is 59.0 Å². The molecule has 1 rings (SSSR count). The molecule has 0 radical (unpaired) electrons. The maximum absolute atomic E-state index is 11.1. The van der Waals surface area contributed by atoms with Gasteiger partial charge in [0.25, 0.3) is 0 Å². The molecule has 11 heavy (non-hydrogen) atoms. The largest absolute Gasteiger partial charge is 0.405 e. The summed E-state index contributed by atoms with van der Waals surface area (Å²) < 4.78 is 22.0. The summed E-state index contributed by atoms with van der Waals surface area (Å²) in [5, 5.41) is 0. The van der Waals surface area contributed by atoms with Crippen molar-refractivity contribution in [3.05, 3.63) is 0 Å². The average Bonchev–Trinajstić information content (AvgIpc) is 2.06. The summed E-state index contributed by atoms with van der Waals surface area (Å²) in [7, 11) is -2.26. The van der Waals surface area contributed by atoms with Crippen LogP contribution in [0.25, 0.3) is 0 Å². The van der Waals surface area contributed by atoms with Crippen molar-refractivity contribution in [3.63, 3.8) is 0 Å². The minimum Gasteiger partial charge on any atom is -0.379 e. The normalized spacial score (nSPS) is 26.4. The van der Waals surface area contributed by atoms with E-state index in [2.05, 4.69) is 4.52 Å². The van der Waals surface area contributed by atoms with Crippen LogP contribution in [-0.2, 0) is 13.8 Å². The zero-order valence-electron chi connectivity index (χ0n) is 6.39. The van der Waals surface area contributed by atoms with Gasteiger partial charge in [0, 0.05) is 20.2 Å². The van der Waals surface area contributed by atoms with Crippen molar-refractivity contribution in [1.29, 1.82) is 0 Å². The van der Waals surface area contributed by atoms with E-state index in [0.717, 1.165) is 0 Å². The number of ether oxygens (including phenoxy) is 1. The minimum absolute atomic E-state index is 0.460. The van der Waals surface area contributed by atoms with Crippen LogP contribution in [0.1, 0.15) is 0 Å². The SMILES string of the molecule is COP(=O)(O)N1CCOCC1. The summed E-state index contributed by atoms with van der Waals surface area (Å²) in [5.74, 6) is 0. The molecule has 1 N–H and O–H groups in total. The Morgan fingerprint density at radius 3 is 2.55 bits per heavy atom. The molecule has 1 heterocycles. The quantitative estimate of drug-likeness (QED) is 0.610. The van der Waals surface area contributed by atoms with Crippen LogP contribution < -0.4 is 0 Å². The predicted molar refractivity (Wildman–Crippen MR) is 39.2 cm³/mol. The van der Waals surface area contributed by atoms with Gasteiger partial charge in [-0.25, -0.2) is 9.24 Å². The highest BCUT2D eigenvalue weighted by Gasteiger charge is 2.29. The van der Waals surface area contributed by atoms with Crippen LogP contribution in [0.15, 0.2) is 0 Å². The van der Waals surface area contributed by atoms with E-state index in [9.17, 15) is 4.57 Å². The molecule has 1 aliphatic rings. The molecule has 0 bridgehead atoms. The molecule has 5 nitrogen and oxygen atoms in total. The first-order valence-corrected chi connectivity index (χ1v) is 4.91. The van der Waals surface area contributed by atoms with Crippen LogP contribution in [0, 0.1) is 0 Å². The molecule has 0 amide bonds. The molecule has 66 valence electrons. The van der Waals surface area contributed by atoms with Gasteiger partial charge in [-0.1, -0.05) is 0 Å². The van der Waals surface area contributed by atoms with E-state index in [1.165, 1.54) is 11.8 Å². The first-order chi connectivity index (χ1) is 5.17. The Labute approximate surface area is 65.5 Å². The van der Waals surface area contributed by atoms with Gasteiger partial charge in [0.15, 0.2) is 0 Å². The van der Waals surface area contributed by atoms with Crippen molar-refractivity contribution >= 4 is 7.75 Å². The first-order valence-electron chi connectivity index (χ1n) is 3.38. The van der Waals surface area contributed by atoms with Crippen LogP contribution in [-0.4, -0.2) is 43.0 Å². The highest BCUT2D eigenvalue weighted by molar-refractivity contribution is 7.50. The Morgan fingerprint density at radius 1 is 1.55 bits per heavy atom. The van der Waals surface area contributed by atoms with E-state index < -0.39 is 7.75 Å². The maximum atomic E-state index is 11.1. The highest BCUT2D eigenvalue weighted by Crippen LogP contribution is 2.45. The third-order valence-electron chi connectivity index (χ3n) is 1.58. The summed E-state index contributed by atoms with van der Waals surface area (Å²) in [6.45, 7) is 1.91. The van der Waals surface area contributed by atoms with Crippen molar-refractivity contribution in [2.24, 2.45) is 0 Å². The van der Waals surface area contributed by atoms with E-state index in [1.807, 2.05) is 0 Å². The Hall–Kier alpha value is 0.0700. The fourth-order valence-electron chi connectivity index (χ4n) is 0.922. The Kier molecular flexibility index (Phi) is 3.04. The van der Waals surface area contributed by atoms with E-state index >= 15 is 0 Å². The summed E-state index contributed by atoms with van der Waals surface area (Å²) in [6.07, 6.45) is 0. The summed E-state index contributed by atoms with van der Waals surface area (Å²) in [5.41, 5.74) is 0. The Morgan fingerprint density at radius 2 is 2.09 bits per heavy atom. The average molecular weight is 181 g/mol. The van der Waals surface area contributed by atoms with Crippen molar-refractivity contribution < 1.29 is 18.7 Å². The molecular formula is C5H12NO4P. The van der Waals surface area contributed by atoms with Gasteiger partial charge < -0.3 is 14.2 Å². The van der Waals surface area contributed by atoms with Gasteiger partial charge in [-0.3, -0.25) is 0 Å². The monoisotopic (exact) mass is 181 g/mol. The van der Waals surface area contributed by atoms with E-state index in [4.69, 9.17) is 9.63 Å². The fourth-order valence-corrected chi connectivity index (χ4v) is 1.82. The molecule has 0 aromatic heterocycles. The number of hydrogen-bond donors (Lipinski definition) is 1. The van der Waals surface area contributed by atoms with Crippen molar-refractivity contribution in [1.82, 2.24) is 4.67 Å². The van der Waals surface area contributed by atoms with Gasteiger partial charge in [0.2, 0.25) is 0 Å². The second kappa shape index (κ2) is 3.65. The van der Waals surface area contributed by atoms with E-state index in [0.29, 0.717) is 26.3 Å². The third-order valence-corrected chi connectivity index (χ3v) is 3.17. The van der Waals surface area contributed by atoms with Crippen molar-refractivity contribution in [3.8, 4) is 0 Å². The number of nitrogens with zero attached hydrogens (tertiary/aromatic N) is 1. The van der Waals surface area contributed by atoms with Gasteiger partial charge in [-0.2, -0.15) is 0 Å². The lowest BCUT2D eigenvalue weighted by Crippen LogP contribution is -2.34. The molecule has 6 heteroatoms. The van der Waals surface area contributed by atoms with Crippen LogP contribution in [0.5, 0.6) is 0 Å².